The van der Waals surface area contributed by atoms with Crippen LogP contribution in [-0.2, 0) is 0 Å². The van der Waals surface area contributed by atoms with Gasteiger partial charge in [0, 0.05) is 10.0 Å². The quantitative estimate of drug-likeness (QED) is 0.261. The molecule has 0 spiro atoms. The summed E-state index contributed by atoms with van der Waals surface area (Å²) in [5.41, 5.74) is 4.55. The van der Waals surface area contributed by atoms with E-state index in [0.29, 0.717) is 10.0 Å². The van der Waals surface area contributed by atoms with E-state index in [1.54, 1.807) is 6.07 Å². The van der Waals surface area contributed by atoms with Gasteiger partial charge >= 0.3 is 0 Å². The van der Waals surface area contributed by atoms with Gasteiger partial charge < -0.3 is 0 Å². The highest BCUT2D eigenvalue weighted by molar-refractivity contribution is 6.35. The Morgan fingerprint density at radius 2 is 1.00 bits per heavy atom. The number of rotatable bonds is 2. The lowest BCUT2D eigenvalue weighted by molar-refractivity contribution is 1.61. The van der Waals surface area contributed by atoms with Crippen LogP contribution in [0.15, 0.2) is 97.1 Å². The molecule has 0 heterocycles. The number of benzene rings is 5. The lowest BCUT2D eigenvalue weighted by Crippen LogP contribution is -1.87. The lowest BCUT2D eigenvalue weighted by atomic mass is 9.90. The van der Waals surface area contributed by atoms with Gasteiger partial charge in [-0.25, -0.2) is 0 Å². The molecular formula is C26H16Cl2. The van der Waals surface area contributed by atoms with E-state index in [9.17, 15) is 0 Å². The summed E-state index contributed by atoms with van der Waals surface area (Å²) in [6.45, 7) is 0. The number of fused-ring (bicyclic) bond motifs is 2. The molecule has 0 aliphatic carbocycles. The van der Waals surface area contributed by atoms with Crippen LogP contribution in [0, 0.1) is 0 Å². The average Bonchev–Trinajstić information content (AvgIpc) is 2.71. The van der Waals surface area contributed by atoms with Gasteiger partial charge in [-0.3, -0.25) is 0 Å². The largest absolute Gasteiger partial charge is 0.0843 e. The maximum Gasteiger partial charge on any atom is 0.0426 e. The summed E-state index contributed by atoms with van der Waals surface area (Å²) in [5, 5.41) is 6.27. The maximum atomic E-state index is 6.23. The third-order valence-corrected chi connectivity index (χ3v) is 5.55. The molecule has 28 heavy (non-hydrogen) atoms. The van der Waals surface area contributed by atoms with Gasteiger partial charge in [-0.05, 0) is 74.1 Å². The second-order valence-electron chi connectivity index (χ2n) is 6.93. The van der Waals surface area contributed by atoms with Crippen molar-refractivity contribution in [2.24, 2.45) is 0 Å². The van der Waals surface area contributed by atoms with E-state index in [-0.39, 0.29) is 0 Å². The molecule has 134 valence electrons. The Morgan fingerprint density at radius 3 is 1.64 bits per heavy atom. The fourth-order valence-electron chi connectivity index (χ4n) is 3.90. The highest BCUT2D eigenvalue weighted by atomic mass is 35.5. The van der Waals surface area contributed by atoms with Crippen molar-refractivity contribution in [1.82, 2.24) is 0 Å². The molecule has 0 atom stereocenters. The first-order chi connectivity index (χ1) is 13.7. The molecule has 0 radical (unpaired) electrons. The molecule has 0 unspecified atom stereocenters. The normalized spacial score (nSPS) is 11.2. The molecule has 0 N–H and O–H groups in total. The first-order valence-corrected chi connectivity index (χ1v) is 9.92. The third-order valence-electron chi connectivity index (χ3n) is 5.12. The molecule has 2 heteroatoms. The summed E-state index contributed by atoms with van der Waals surface area (Å²) in [5.74, 6) is 0. The summed E-state index contributed by atoms with van der Waals surface area (Å²) >= 11 is 12.5. The topological polar surface area (TPSA) is 0 Å². The third kappa shape index (κ3) is 3.05. The van der Waals surface area contributed by atoms with Crippen LogP contribution in [0.3, 0.4) is 0 Å². The molecule has 0 saturated carbocycles. The van der Waals surface area contributed by atoms with E-state index in [1.165, 1.54) is 32.7 Å². The van der Waals surface area contributed by atoms with E-state index < -0.39 is 0 Å². The highest BCUT2D eigenvalue weighted by Crippen LogP contribution is 2.38. The Hall–Kier alpha value is -2.80. The van der Waals surface area contributed by atoms with Crippen molar-refractivity contribution in [2.45, 2.75) is 0 Å². The molecule has 0 bridgehead atoms. The van der Waals surface area contributed by atoms with E-state index in [0.717, 1.165) is 11.1 Å². The molecular weight excluding hydrogens is 383 g/mol. The molecule has 0 nitrogen and oxygen atoms in total. The minimum Gasteiger partial charge on any atom is -0.0843 e. The van der Waals surface area contributed by atoms with Gasteiger partial charge in [-0.2, -0.15) is 0 Å². The van der Waals surface area contributed by atoms with Crippen molar-refractivity contribution in [3.8, 4) is 22.3 Å². The van der Waals surface area contributed by atoms with Gasteiger partial charge in [0.25, 0.3) is 0 Å². The van der Waals surface area contributed by atoms with Crippen LogP contribution in [0.5, 0.6) is 0 Å². The van der Waals surface area contributed by atoms with Crippen molar-refractivity contribution in [2.75, 3.05) is 0 Å². The van der Waals surface area contributed by atoms with E-state index in [1.807, 2.05) is 12.1 Å². The van der Waals surface area contributed by atoms with Crippen LogP contribution >= 0.6 is 23.2 Å². The smallest absolute Gasteiger partial charge is 0.0426 e. The summed E-state index contributed by atoms with van der Waals surface area (Å²) < 4.78 is 0. The van der Waals surface area contributed by atoms with Crippen molar-refractivity contribution in [3.05, 3.63) is 107 Å². The summed E-state index contributed by atoms with van der Waals surface area (Å²) in [6, 6.07) is 33.6. The SMILES string of the molecule is Clc1cc(Cl)cc(-c2cccc(-c3c4ccccc4cc4ccccc34)c2)c1. The van der Waals surface area contributed by atoms with Crippen LogP contribution in [-0.4, -0.2) is 0 Å². The Morgan fingerprint density at radius 1 is 0.429 bits per heavy atom. The zero-order valence-electron chi connectivity index (χ0n) is 15.0. The Balaban J connectivity index is 1.81. The second kappa shape index (κ2) is 6.98. The summed E-state index contributed by atoms with van der Waals surface area (Å²) in [6.07, 6.45) is 0. The minimum absolute atomic E-state index is 0.642. The molecule has 0 saturated heterocycles. The zero-order valence-corrected chi connectivity index (χ0v) is 16.5. The van der Waals surface area contributed by atoms with Crippen LogP contribution in [0.1, 0.15) is 0 Å². The predicted octanol–water partition coefficient (Wildman–Crippen LogP) is 8.63. The summed E-state index contributed by atoms with van der Waals surface area (Å²) in [7, 11) is 0. The number of hydrogen-bond acceptors (Lipinski definition) is 0. The Labute approximate surface area is 174 Å². The minimum atomic E-state index is 0.642. The van der Waals surface area contributed by atoms with Crippen LogP contribution in [0.4, 0.5) is 0 Å². The van der Waals surface area contributed by atoms with Gasteiger partial charge in [0.1, 0.15) is 0 Å². The van der Waals surface area contributed by atoms with Gasteiger partial charge in [0.05, 0.1) is 0 Å². The molecule has 0 aliphatic rings. The fraction of sp³-hybridized carbons (Fsp3) is 0. The first-order valence-electron chi connectivity index (χ1n) is 9.16. The maximum absolute atomic E-state index is 6.23. The lowest BCUT2D eigenvalue weighted by Gasteiger charge is -2.13. The van der Waals surface area contributed by atoms with Gasteiger partial charge in [-0.15, -0.1) is 0 Å². The molecule has 0 fully saturated rings. The standard InChI is InChI=1S/C26H16Cl2/c27-22-14-21(15-23(28)16-22)17-8-5-9-20(12-17)26-24-10-3-1-6-18(24)13-19-7-2-4-11-25(19)26/h1-16H. The first kappa shape index (κ1) is 17.3. The molecule has 5 aromatic carbocycles. The van der Waals surface area contributed by atoms with E-state index >= 15 is 0 Å². The Kier molecular flexibility index (Phi) is 4.31. The van der Waals surface area contributed by atoms with Gasteiger partial charge in [0.15, 0.2) is 0 Å². The Bertz CT molecular complexity index is 1260. The van der Waals surface area contributed by atoms with E-state index in [2.05, 4.69) is 78.9 Å². The van der Waals surface area contributed by atoms with Crippen LogP contribution in [0.25, 0.3) is 43.8 Å². The highest BCUT2D eigenvalue weighted by Gasteiger charge is 2.11. The number of halogens is 2. The van der Waals surface area contributed by atoms with Crippen molar-refractivity contribution in [3.63, 3.8) is 0 Å². The molecule has 0 aliphatic heterocycles. The zero-order chi connectivity index (χ0) is 19.1. The molecule has 5 aromatic rings. The average molecular weight is 399 g/mol. The fourth-order valence-corrected chi connectivity index (χ4v) is 4.43. The molecule has 0 aromatic heterocycles. The molecule has 0 amide bonds. The summed E-state index contributed by atoms with van der Waals surface area (Å²) in [4.78, 5) is 0. The van der Waals surface area contributed by atoms with Gasteiger partial charge in [0.2, 0.25) is 0 Å². The monoisotopic (exact) mass is 398 g/mol. The van der Waals surface area contributed by atoms with E-state index in [4.69, 9.17) is 23.2 Å². The predicted molar refractivity (Wildman–Crippen MR) is 122 cm³/mol. The van der Waals surface area contributed by atoms with Crippen molar-refractivity contribution in [1.29, 1.82) is 0 Å². The van der Waals surface area contributed by atoms with Crippen LogP contribution in [0.2, 0.25) is 10.0 Å². The van der Waals surface area contributed by atoms with Crippen molar-refractivity contribution < 1.29 is 0 Å². The molecule has 5 rings (SSSR count). The van der Waals surface area contributed by atoms with Gasteiger partial charge in [-0.1, -0.05) is 89.9 Å². The van der Waals surface area contributed by atoms with Crippen LogP contribution < -0.4 is 0 Å². The van der Waals surface area contributed by atoms with Crippen molar-refractivity contribution >= 4 is 44.7 Å². The number of hydrogen-bond donors (Lipinski definition) is 0. The second-order valence-corrected chi connectivity index (χ2v) is 7.81.